The van der Waals surface area contributed by atoms with Gasteiger partial charge in [-0.2, -0.15) is 0 Å². The molecule has 8 heteroatoms. The molecule has 1 aromatic carbocycles. The fourth-order valence-corrected chi connectivity index (χ4v) is 4.23. The molecule has 2 bridgehead atoms. The van der Waals surface area contributed by atoms with Crippen molar-refractivity contribution in [1.82, 2.24) is 9.88 Å². The van der Waals surface area contributed by atoms with Gasteiger partial charge in [0.2, 0.25) is 0 Å². The zero-order valence-corrected chi connectivity index (χ0v) is 16.3. The predicted octanol–water partition coefficient (Wildman–Crippen LogP) is 2.33. The Balaban J connectivity index is 0.000000353. The van der Waals surface area contributed by atoms with Crippen molar-refractivity contribution in [1.29, 1.82) is 0 Å². The van der Waals surface area contributed by atoms with E-state index in [1.807, 2.05) is 30.5 Å². The van der Waals surface area contributed by atoms with E-state index in [9.17, 15) is 5.11 Å². The number of aromatic amines is 1. The van der Waals surface area contributed by atoms with Crippen LogP contribution in [-0.2, 0) is 9.59 Å². The number of rotatable bonds is 5. The number of aromatic nitrogens is 1. The van der Waals surface area contributed by atoms with Crippen molar-refractivity contribution >= 4 is 22.8 Å². The van der Waals surface area contributed by atoms with E-state index in [1.54, 1.807) is 0 Å². The molecule has 2 atom stereocenters. The Hall–Kier alpha value is -2.58. The number of aliphatic hydroxyl groups excluding tert-OH is 1. The van der Waals surface area contributed by atoms with Gasteiger partial charge in [0.1, 0.15) is 12.4 Å². The molecule has 0 spiro atoms. The average Bonchev–Trinajstić information content (AvgIpc) is 3.03. The monoisotopic (exact) mass is 404 g/mol. The van der Waals surface area contributed by atoms with E-state index in [4.69, 9.17) is 24.5 Å². The summed E-state index contributed by atoms with van der Waals surface area (Å²) >= 11 is 0. The van der Waals surface area contributed by atoms with Crippen LogP contribution in [-0.4, -0.2) is 69.0 Å². The van der Waals surface area contributed by atoms with Crippen LogP contribution in [0.25, 0.3) is 10.9 Å². The molecule has 0 amide bonds. The smallest absolute Gasteiger partial charge is 0.414 e. The zero-order valence-electron chi connectivity index (χ0n) is 16.3. The predicted molar refractivity (Wildman–Crippen MR) is 107 cm³/mol. The standard InChI is InChI=1S/C19H26N2O2.C2H2O4/c22-16(12-15-5-4-14-7-10-21(15)11-8-14)13-23-19-3-1-2-18-17(19)6-9-20-18;3-1(4)2(5)6/h1-3,6,9,14-16,20,22H,4-5,7-8,10-13H2;(H,3,4)(H,5,6)/t15?,16-;/m0./s1. The highest BCUT2D eigenvalue weighted by atomic mass is 16.5. The number of fused-ring (bicyclic) bond motifs is 5. The zero-order chi connectivity index (χ0) is 20.8. The molecular formula is C21H28N2O6. The highest BCUT2D eigenvalue weighted by Gasteiger charge is 2.31. The van der Waals surface area contributed by atoms with Crippen molar-refractivity contribution in [3.63, 3.8) is 0 Å². The molecule has 0 radical (unpaired) electrons. The maximum Gasteiger partial charge on any atom is 0.414 e. The lowest BCUT2D eigenvalue weighted by atomic mass is 9.95. The maximum absolute atomic E-state index is 10.4. The Labute approximate surface area is 169 Å². The van der Waals surface area contributed by atoms with E-state index in [-0.39, 0.29) is 0 Å². The van der Waals surface area contributed by atoms with Gasteiger partial charge in [-0.3, -0.25) is 0 Å². The summed E-state index contributed by atoms with van der Waals surface area (Å²) in [7, 11) is 0. The van der Waals surface area contributed by atoms with Gasteiger partial charge in [-0.25, -0.2) is 9.59 Å². The van der Waals surface area contributed by atoms with Crippen LogP contribution in [0.1, 0.15) is 32.1 Å². The molecule has 0 saturated carbocycles. The van der Waals surface area contributed by atoms with Crippen LogP contribution in [0.15, 0.2) is 30.5 Å². The SMILES string of the molecule is O=C(O)C(=O)O.O[C@H](COc1cccc2[nH]ccc12)CC1CCC2CCN1CC2. The second-order valence-electron chi connectivity index (χ2n) is 7.72. The van der Waals surface area contributed by atoms with Gasteiger partial charge in [0.15, 0.2) is 0 Å². The van der Waals surface area contributed by atoms with Crippen LogP contribution in [0.4, 0.5) is 0 Å². The average molecular weight is 404 g/mol. The molecular weight excluding hydrogens is 376 g/mol. The van der Waals surface area contributed by atoms with Crippen molar-refractivity contribution in [3.05, 3.63) is 30.5 Å². The fraction of sp³-hybridized carbons (Fsp3) is 0.524. The third-order valence-corrected chi connectivity index (χ3v) is 5.79. The summed E-state index contributed by atoms with van der Waals surface area (Å²) in [6.45, 7) is 2.80. The van der Waals surface area contributed by atoms with Crippen LogP contribution in [0.2, 0.25) is 0 Å². The maximum atomic E-state index is 10.4. The first-order valence-corrected chi connectivity index (χ1v) is 10.0. The van der Waals surface area contributed by atoms with Crippen molar-refractivity contribution in [2.75, 3.05) is 19.7 Å². The third kappa shape index (κ3) is 5.71. The molecule has 1 aromatic heterocycles. The van der Waals surface area contributed by atoms with Gasteiger partial charge in [-0.1, -0.05) is 6.07 Å². The molecule has 3 aliphatic rings. The van der Waals surface area contributed by atoms with Crippen LogP contribution >= 0.6 is 0 Å². The van der Waals surface area contributed by atoms with Crippen LogP contribution in [0.5, 0.6) is 5.75 Å². The second kappa shape index (κ2) is 9.76. The molecule has 3 aliphatic heterocycles. The summed E-state index contributed by atoms with van der Waals surface area (Å²) in [4.78, 5) is 24.0. The molecule has 0 aliphatic carbocycles. The van der Waals surface area contributed by atoms with Gasteiger partial charge < -0.3 is 29.9 Å². The first-order valence-electron chi connectivity index (χ1n) is 10.0. The Kier molecular flexibility index (Phi) is 7.11. The second-order valence-corrected chi connectivity index (χ2v) is 7.72. The lowest BCUT2D eigenvalue weighted by molar-refractivity contribution is -0.159. The van der Waals surface area contributed by atoms with Crippen LogP contribution < -0.4 is 4.74 Å². The van der Waals surface area contributed by atoms with Crippen molar-refractivity contribution in [2.45, 2.75) is 44.2 Å². The number of aliphatic hydroxyl groups is 1. The van der Waals surface area contributed by atoms with E-state index >= 15 is 0 Å². The van der Waals surface area contributed by atoms with Crippen LogP contribution in [0.3, 0.4) is 0 Å². The summed E-state index contributed by atoms with van der Waals surface area (Å²) in [5.41, 5.74) is 1.07. The molecule has 158 valence electrons. The number of hydrogen-bond acceptors (Lipinski definition) is 5. The largest absolute Gasteiger partial charge is 0.490 e. The first kappa shape index (κ1) is 21.1. The van der Waals surface area contributed by atoms with Crippen LogP contribution in [0, 0.1) is 5.92 Å². The Bertz CT molecular complexity index is 815. The van der Waals surface area contributed by atoms with Gasteiger partial charge in [0.05, 0.1) is 6.10 Å². The summed E-state index contributed by atoms with van der Waals surface area (Å²) in [5, 5.41) is 26.3. The van der Waals surface area contributed by atoms with Gasteiger partial charge >= 0.3 is 11.9 Å². The molecule has 4 heterocycles. The van der Waals surface area contributed by atoms with Gasteiger partial charge in [-0.05, 0) is 69.3 Å². The third-order valence-electron chi connectivity index (χ3n) is 5.79. The van der Waals surface area contributed by atoms with E-state index in [2.05, 4.69) is 9.88 Å². The topological polar surface area (TPSA) is 123 Å². The number of aliphatic carboxylic acids is 2. The van der Waals surface area contributed by atoms with Crippen molar-refractivity contribution in [2.24, 2.45) is 5.92 Å². The minimum Gasteiger partial charge on any atom is -0.490 e. The minimum absolute atomic E-state index is 0.373. The minimum atomic E-state index is -1.82. The Morgan fingerprint density at radius 1 is 1.10 bits per heavy atom. The molecule has 2 aromatic rings. The molecule has 1 unspecified atom stereocenters. The molecule has 3 saturated heterocycles. The molecule has 8 nitrogen and oxygen atoms in total. The number of nitrogens with zero attached hydrogens (tertiary/aromatic N) is 1. The first-order chi connectivity index (χ1) is 13.9. The van der Waals surface area contributed by atoms with E-state index in [1.165, 1.54) is 38.8 Å². The number of carbonyl (C=O) groups is 2. The summed E-state index contributed by atoms with van der Waals surface area (Å²) < 4.78 is 5.90. The normalized spacial score (nSPS) is 24.2. The van der Waals surface area contributed by atoms with E-state index < -0.39 is 18.0 Å². The number of ether oxygens (including phenoxy) is 1. The molecule has 29 heavy (non-hydrogen) atoms. The quantitative estimate of drug-likeness (QED) is 0.564. The summed E-state index contributed by atoms with van der Waals surface area (Å²) in [5.74, 6) is -1.87. The fourth-order valence-electron chi connectivity index (χ4n) is 4.23. The number of H-pyrrole nitrogens is 1. The number of piperidine rings is 1. The van der Waals surface area contributed by atoms with Crippen molar-refractivity contribution < 1.29 is 29.6 Å². The number of benzene rings is 1. The summed E-state index contributed by atoms with van der Waals surface area (Å²) in [6.07, 6.45) is 7.61. The number of carboxylic acids is 2. The number of carboxylic acid groups (broad SMARTS) is 2. The van der Waals surface area contributed by atoms with Gasteiger partial charge in [-0.15, -0.1) is 0 Å². The lowest BCUT2D eigenvalue weighted by Crippen LogP contribution is -2.40. The number of nitrogens with one attached hydrogen (secondary N) is 1. The highest BCUT2D eigenvalue weighted by Crippen LogP contribution is 2.32. The van der Waals surface area contributed by atoms with E-state index in [0.29, 0.717) is 12.6 Å². The molecule has 5 rings (SSSR count). The molecule has 4 N–H and O–H groups in total. The Morgan fingerprint density at radius 3 is 2.52 bits per heavy atom. The summed E-state index contributed by atoms with van der Waals surface area (Å²) in [6, 6.07) is 8.54. The van der Waals surface area contributed by atoms with Gasteiger partial charge in [0.25, 0.3) is 0 Å². The lowest BCUT2D eigenvalue weighted by Gasteiger charge is -2.33. The Morgan fingerprint density at radius 2 is 1.83 bits per heavy atom. The number of hydrogen-bond donors (Lipinski definition) is 4. The van der Waals surface area contributed by atoms with Crippen molar-refractivity contribution in [3.8, 4) is 5.75 Å². The highest BCUT2D eigenvalue weighted by molar-refractivity contribution is 6.27. The molecule has 3 fully saturated rings. The van der Waals surface area contributed by atoms with E-state index in [0.717, 1.165) is 29.0 Å². The van der Waals surface area contributed by atoms with Gasteiger partial charge in [0, 0.05) is 23.1 Å².